The van der Waals surface area contributed by atoms with Crippen LogP contribution in [0.5, 0.6) is 0 Å². The predicted octanol–water partition coefficient (Wildman–Crippen LogP) is 2.05. The summed E-state index contributed by atoms with van der Waals surface area (Å²) in [7, 11) is 0. The molecule has 1 amide bonds. The molecule has 0 aliphatic carbocycles. The van der Waals surface area contributed by atoms with Gasteiger partial charge in [-0.25, -0.2) is 9.66 Å². The van der Waals surface area contributed by atoms with Crippen LogP contribution in [0.15, 0.2) is 35.4 Å². The normalized spacial score (nSPS) is 10.6. The number of carbonyl (C=O) groups excluding carboxylic acids is 1. The van der Waals surface area contributed by atoms with Crippen LogP contribution in [-0.4, -0.2) is 15.6 Å². The summed E-state index contributed by atoms with van der Waals surface area (Å²) in [6, 6.07) is 7.07. The van der Waals surface area contributed by atoms with Gasteiger partial charge in [-0.05, 0) is 18.6 Å². The van der Waals surface area contributed by atoms with Crippen molar-refractivity contribution in [3.63, 3.8) is 0 Å². The fraction of sp³-hybridized carbons (Fsp3) is 0.357. The number of hydrogen-bond donors (Lipinski definition) is 1. The average molecular weight is 259 g/mol. The fourth-order valence-electron chi connectivity index (χ4n) is 1.87. The Balaban J connectivity index is 2.15. The van der Waals surface area contributed by atoms with E-state index in [0.717, 1.165) is 23.9 Å². The van der Waals surface area contributed by atoms with Crippen LogP contribution in [0.25, 0.3) is 10.9 Å². The van der Waals surface area contributed by atoms with E-state index in [2.05, 4.69) is 17.3 Å². The average Bonchev–Trinajstić information content (AvgIpc) is 2.43. The first-order valence-electron chi connectivity index (χ1n) is 6.48. The first-order chi connectivity index (χ1) is 9.22. The van der Waals surface area contributed by atoms with Gasteiger partial charge in [0, 0.05) is 6.42 Å². The van der Waals surface area contributed by atoms with Gasteiger partial charge < -0.3 is 0 Å². The number of benzene rings is 1. The van der Waals surface area contributed by atoms with Crippen LogP contribution < -0.4 is 11.0 Å². The maximum atomic E-state index is 12.1. The molecular weight excluding hydrogens is 242 g/mol. The second-order valence-corrected chi connectivity index (χ2v) is 4.43. The van der Waals surface area contributed by atoms with Crippen LogP contribution in [0, 0.1) is 0 Å². The van der Waals surface area contributed by atoms with E-state index in [1.54, 1.807) is 18.2 Å². The third kappa shape index (κ3) is 3.19. The highest BCUT2D eigenvalue weighted by Crippen LogP contribution is 2.04. The predicted molar refractivity (Wildman–Crippen MR) is 74.5 cm³/mol. The molecule has 0 saturated heterocycles. The van der Waals surface area contributed by atoms with E-state index in [1.807, 2.05) is 6.07 Å². The number of nitrogens with one attached hydrogen (secondary N) is 1. The number of nitrogens with zero attached hydrogens (tertiary/aromatic N) is 2. The molecule has 5 nitrogen and oxygen atoms in total. The smallest absolute Gasteiger partial charge is 0.273 e. The molecule has 0 radical (unpaired) electrons. The molecule has 0 unspecified atom stereocenters. The van der Waals surface area contributed by atoms with Gasteiger partial charge >= 0.3 is 0 Å². The first kappa shape index (κ1) is 13.3. The molecule has 0 atom stereocenters. The SMILES string of the molecule is CCCCCC(=O)Nn1cnc2ccccc2c1=O. The highest BCUT2D eigenvalue weighted by Gasteiger charge is 2.06. The molecule has 2 rings (SSSR count). The second kappa shape index (κ2) is 6.13. The number of hydrogen-bond acceptors (Lipinski definition) is 3. The highest BCUT2D eigenvalue weighted by molar-refractivity contribution is 5.84. The van der Waals surface area contributed by atoms with Crippen LogP contribution in [-0.2, 0) is 4.79 Å². The largest absolute Gasteiger partial charge is 0.280 e. The Labute approximate surface area is 111 Å². The Hall–Kier alpha value is -2.17. The Bertz CT molecular complexity index is 634. The molecule has 0 fully saturated rings. The minimum Gasteiger partial charge on any atom is -0.273 e. The van der Waals surface area contributed by atoms with Crippen molar-refractivity contribution in [2.24, 2.45) is 0 Å². The minimum absolute atomic E-state index is 0.160. The number of unbranched alkanes of at least 4 members (excludes halogenated alkanes) is 2. The summed E-state index contributed by atoms with van der Waals surface area (Å²) in [5, 5.41) is 0.499. The van der Waals surface area contributed by atoms with Gasteiger partial charge in [-0.1, -0.05) is 31.9 Å². The zero-order chi connectivity index (χ0) is 13.7. The summed E-state index contributed by atoms with van der Waals surface area (Å²) in [5.74, 6) is -0.160. The van der Waals surface area contributed by atoms with Crippen LogP contribution in [0.4, 0.5) is 0 Å². The monoisotopic (exact) mass is 259 g/mol. The molecule has 1 N–H and O–H groups in total. The van der Waals surface area contributed by atoms with Crippen LogP contribution in [0.2, 0.25) is 0 Å². The van der Waals surface area contributed by atoms with Gasteiger partial charge in [0.25, 0.3) is 5.56 Å². The lowest BCUT2D eigenvalue weighted by Gasteiger charge is -2.08. The van der Waals surface area contributed by atoms with Crippen LogP contribution >= 0.6 is 0 Å². The van der Waals surface area contributed by atoms with E-state index in [9.17, 15) is 9.59 Å². The molecule has 1 heterocycles. The van der Waals surface area contributed by atoms with Crippen LogP contribution in [0.1, 0.15) is 32.6 Å². The maximum absolute atomic E-state index is 12.1. The van der Waals surface area contributed by atoms with E-state index < -0.39 is 0 Å². The summed E-state index contributed by atoms with van der Waals surface area (Å²) in [6.45, 7) is 2.08. The van der Waals surface area contributed by atoms with Crippen molar-refractivity contribution in [1.29, 1.82) is 0 Å². The van der Waals surface area contributed by atoms with E-state index in [1.165, 1.54) is 6.33 Å². The van der Waals surface area contributed by atoms with Crippen molar-refractivity contribution in [1.82, 2.24) is 9.66 Å². The fourth-order valence-corrected chi connectivity index (χ4v) is 1.87. The maximum Gasteiger partial charge on any atom is 0.280 e. The number of amides is 1. The standard InChI is InChI=1S/C14H17N3O2/c1-2-3-4-9-13(18)16-17-10-15-12-8-6-5-7-11(12)14(17)19/h5-8,10H,2-4,9H2,1H3,(H,16,18). The Morgan fingerprint density at radius 3 is 2.89 bits per heavy atom. The quantitative estimate of drug-likeness (QED) is 0.836. The van der Waals surface area contributed by atoms with Crippen molar-refractivity contribution >= 4 is 16.8 Å². The number of carbonyl (C=O) groups is 1. The topological polar surface area (TPSA) is 64.0 Å². The minimum atomic E-state index is -0.255. The highest BCUT2D eigenvalue weighted by atomic mass is 16.2. The molecule has 100 valence electrons. The Kier molecular flexibility index (Phi) is 4.28. The lowest BCUT2D eigenvalue weighted by Crippen LogP contribution is -2.33. The Morgan fingerprint density at radius 1 is 1.32 bits per heavy atom. The molecule has 0 bridgehead atoms. The van der Waals surface area contributed by atoms with Gasteiger partial charge in [-0.2, -0.15) is 0 Å². The second-order valence-electron chi connectivity index (χ2n) is 4.43. The molecule has 0 aliphatic rings. The van der Waals surface area contributed by atoms with Gasteiger partial charge in [-0.15, -0.1) is 0 Å². The van der Waals surface area contributed by atoms with E-state index in [-0.39, 0.29) is 11.5 Å². The lowest BCUT2D eigenvalue weighted by molar-refractivity contribution is -0.117. The van der Waals surface area contributed by atoms with Crippen molar-refractivity contribution in [2.75, 3.05) is 5.43 Å². The molecule has 5 heteroatoms. The van der Waals surface area contributed by atoms with Crippen molar-refractivity contribution in [2.45, 2.75) is 32.6 Å². The van der Waals surface area contributed by atoms with Gasteiger partial charge in [0.2, 0.25) is 5.91 Å². The van der Waals surface area contributed by atoms with E-state index in [0.29, 0.717) is 17.3 Å². The molecule has 2 aromatic rings. The summed E-state index contributed by atoms with van der Waals surface area (Å²) in [6.07, 6.45) is 4.68. The molecule has 0 spiro atoms. The Morgan fingerprint density at radius 2 is 2.11 bits per heavy atom. The van der Waals surface area contributed by atoms with Gasteiger partial charge in [-0.3, -0.25) is 15.0 Å². The zero-order valence-electron chi connectivity index (χ0n) is 10.9. The molecule has 19 heavy (non-hydrogen) atoms. The third-order valence-corrected chi connectivity index (χ3v) is 2.92. The van der Waals surface area contributed by atoms with Crippen molar-refractivity contribution < 1.29 is 4.79 Å². The van der Waals surface area contributed by atoms with E-state index >= 15 is 0 Å². The number of fused-ring (bicyclic) bond motifs is 1. The van der Waals surface area contributed by atoms with Crippen molar-refractivity contribution in [3.8, 4) is 0 Å². The van der Waals surface area contributed by atoms with Crippen LogP contribution in [0.3, 0.4) is 0 Å². The van der Waals surface area contributed by atoms with Gasteiger partial charge in [0.1, 0.15) is 6.33 Å². The molecule has 1 aromatic carbocycles. The summed E-state index contributed by atoms with van der Waals surface area (Å²) >= 11 is 0. The van der Waals surface area contributed by atoms with E-state index in [4.69, 9.17) is 0 Å². The molecule has 1 aromatic heterocycles. The third-order valence-electron chi connectivity index (χ3n) is 2.92. The molecule has 0 aliphatic heterocycles. The lowest BCUT2D eigenvalue weighted by atomic mass is 10.2. The molecular formula is C14H17N3O2. The summed E-state index contributed by atoms with van der Waals surface area (Å²) < 4.78 is 1.15. The zero-order valence-corrected chi connectivity index (χ0v) is 10.9. The summed E-state index contributed by atoms with van der Waals surface area (Å²) in [5.41, 5.74) is 2.94. The van der Waals surface area contributed by atoms with Gasteiger partial charge in [0.15, 0.2) is 0 Å². The first-order valence-corrected chi connectivity index (χ1v) is 6.48. The number of aromatic nitrogens is 2. The van der Waals surface area contributed by atoms with Gasteiger partial charge in [0.05, 0.1) is 10.9 Å². The number of para-hydroxylation sites is 1. The molecule has 0 saturated carbocycles. The van der Waals surface area contributed by atoms with Crippen molar-refractivity contribution in [3.05, 3.63) is 40.9 Å². The number of rotatable bonds is 5. The summed E-state index contributed by atoms with van der Waals surface area (Å²) in [4.78, 5) is 27.9.